The van der Waals surface area contributed by atoms with Crippen molar-refractivity contribution in [1.82, 2.24) is 20.4 Å². The standard InChI is InChI=1S/C13H26N4O2/c1-13(2,3)15-11(18)9-16(4)10-12(19)17-7-5-14-6-8-17/h14H,5-10H2,1-4H3,(H,15,18). The Kier molecular flexibility index (Phi) is 5.75. The minimum atomic E-state index is -0.236. The van der Waals surface area contributed by atoms with E-state index in [1.54, 1.807) is 11.9 Å². The Morgan fingerprint density at radius 2 is 1.79 bits per heavy atom. The van der Waals surface area contributed by atoms with Crippen molar-refractivity contribution in [3.05, 3.63) is 0 Å². The predicted molar refractivity (Wildman–Crippen MR) is 74.8 cm³/mol. The molecule has 1 heterocycles. The number of nitrogens with one attached hydrogen (secondary N) is 2. The molecule has 1 fully saturated rings. The summed E-state index contributed by atoms with van der Waals surface area (Å²) in [5, 5.41) is 6.10. The molecule has 1 aliphatic heterocycles. The number of amides is 2. The molecule has 1 aliphatic rings. The third-order valence-electron chi connectivity index (χ3n) is 2.80. The maximum absolute atomic E-state index is 12.0. The summed E-state index contributed by atoms with van der Waals surface area (Å²) >= 11 is 0. The zero-order valence-electron chi connectivity index (χ0n) is 12.5. The van der Waals surface area contributed by atoms with Crippen molar-refractivity contribution >= 4 is 11.8 Å². The van der Waals surface area contributed by atoms with E-state index in [1.165, 1.54) is 0 Å². The van der Waals surface area contributed by atoms with Gasteiger partial charge >= 0.3 is 0 Å². The first-order valence-corrected chi connectivity index (χ1v) is 6.76. The molecule has 6 heteroatoms. The fourth-order valence-corrected chi connectivity index (χ4v) is 2.00. The van der Waals surface area contributed by atoms with Crippen molar-refractivity contribution in [2.75, 3.05) is 46.3 Å². The average molecular weight is 270 g/mol. The van der Waals surface area contributed by atoms with Crippen LogP contribution < -0.4 is 10.6 Å². The van der Waals surface area contributed by atoms with Gasteiger partial charge in [0.25, 0.3) is 0 Å². The Balaban J connectivity index is 2.31. The van der Waals surface area contributed by atoms with Gasteiger partial charge in [0.05, 0.1) is 13.1 Å². The molecule has 0 aromatic heterocycles. The molecule has 0 bridgehead atoms. The fourth-order valence-electron chi connectivity index (χ4n) is 2.00. The van der Waals surface area contributed by atoms with Gasteiger partial charge < -0.3 is 15.5 Å². The molecule has 0 spiro atoms. The number of carbonyl (C=O) groups excluding carboxylic acids is 2. The van der Waals surface area contributed by atoms with Crippen LogP contribution in [0.3, 0.4) is 0 Å². The highest BCUT2D eigenvalue weighted by Gasteiger charge is 2.20. The van der Waals surface area contributed by atoms with Gasteiger partial charge in [-0.25, -0.2) is 0 Å². The maximum Gasteiger partial charge on any atom is 0.236 e. The van der Waals surface area contributed by atoms with Crippen LogP contribution in [0.1, 0.15) is 20.8 Å². The fraction of sp³-hybridized carbons (Fsp3) is 0.846. The maximum atomic E-state index is 12.0. The van der Waals surface area contributed by atoms with Gasteiger partial charge in [0.2, 0.25) is 11.8 Å². The smallest absolute Gasteiger partial charge is 0.236 e. The van der Waals surface area contributed by atoms with Gasteiger partial charge in [-0.3, -0.25) is 14.5 Å². The number of piperazine rings is 1. The van der Waals surface area contributed by atoms with E-state index in [2.05, 4.69) is 10.6 Å². The van der Waals surface area contributed by atoms with Crippen LogP contribution in [0.4, 0.5) is 0 Å². The highest BCUT2D eigenvalue weighted by molar-refractivity contribution is 5.81. The van der Waals surface area contributed by atoms with Crippen LogP contribution in [0, 0.1) is 0 Å². The van der Waals surface area contributed by atoms with E-state index >= 15 is 0 Å². The molecule has 0 unspecified atom stereocenters. The molecule has 19 heavy (non-hydrogen) atoms. The topological polar surface area (TPSA) is 64.7 Å². The Bertz CT molecular complexity index is 319. The molecule has 0 aromatic rings. The average Bonchev–Trinajstić information content (AvgIpc) is 2.27. The molecule has 0 aromatic carbocycles. The van der Waals surface area contributed by atoms with E-state index in [4.69, 9.17) is 0 Å². The molecule has 2 N–H and O–H groups in total. The number of nitrogens with zero attached hydrogens (tertiary/aromatic N) is 2. The summed E-state index contributed by atoms with van der Waals surface area (Å²) in [7, 11) is 1.79. The molecule has 1 rings (SSSR count). The molecule has 0 atom stereocenters. The first-order chi connectivity index (χ1) is 8.78. The summed E-state index contributed by atoms with van der Waals surface area (Å²) in [5.41, 5.74) is -0.236. The van der Waals surface area contributed by atoms with E-state index in [9.17, 15) is 9.59 Å². The highest BCUT2D eigenvalue weighted by Crippen LogP contribution is 1.99. The first kappa shape index (κ1) is 15.9. The van der Waals surface area contributed by atoms with Gasteiger partial charge in [-0.1, -0.05) is 0 Å². The lowest BCUT2D eigenvalue weighted by Crippen LogP contribution is -2.50. The first-order valence-electron chi connectivity index (χ1n) is 6.76. The monoisotopic (exact) mass is 270 g/mol. The Morgan fingerprint density at radius 1 is 1.21 bits per heavy atom. The van der Waals surface area contributed by atoms with E-state index in [0.717, 1.165) is 26.2 Å². The van der Waals surface area contributed by atoms with Gasteiger partial charge in [-0.15, -0.1) is 0 Å². The summed E-state index contributed by atoms with van der Waals surface area (Å²) in [5.74, 6) is 0.0377. The van der Waals surface area contributed by atoms with E-state index in [-0.39, 0.29) is 30.4 Å². The van der Waals surface area contributed by atoms with Crippen LogP contribution in [-0.4, -0.2) is 73.5 Å². The van der Waals surface area contributed by atoms with Crippen molar-refractivity contribution < 1.29 is 9.59 Å². The summed E-state index contributed by atoms with van der Waals surface area (Å²) in [4.78, 5) is 27.3. The Morgan fingerprint density at radius 3 is 2.32 bits per heavy atom. The molecule has 2 amide bonds. The summed E-state index contributed by atoms with van der Waals surface area (Å²) in [6, 6.07) is 0. The molecule has 0 saturated carbocycles. The summed E-state index contributed by atoms with van der Waals surface area (Å²) in [6.07, 6.45) is 0. The van der Waals surface area contributed by atoms with Crippen LogP contribution in [0.2, 0.25) is 0 Å². The van der Waals surface area contributed by atoms with Crippen LogP contribution in [0.15, 0.2) is 0 Å². The van der Waals surface area contributed by atoms with E-state index in [0.29, 0.717) is 0 Å². The molecule has 110 valence electrons. The number of likely N-dealkylation sites (N-methyl/N-ethyl adjacent to an activating group) is 1. The normalized spacial score (nSPS) is 16.6. The quantitative estimate of drug-likeness (QED) is 0.706. The minimum Gasteiger partial charge on any atom is -0.350 e. The highest BCUT2D eigenvalue weighted by atomic mass is 16.2. The third-order valence-corrected chi connectivity index (χ3v) is 2.80. The van der Waals surface area contributed by atoms with Gasteiger partial charge in [0.1, 0.15) is 0 Å². The van der Waals surface area contributed by atoms with E-state index in [1.807, 2.05) is 25.7 Å². The van der Waals surface area contributed by atoms with Crippen molar-refractivity contribution in [3.63, 3.8) is 0 Å². The second kappa shape index (κ2) is 6.86. The third kappa shape index (κ3) is 6.54. The van der Waals surface area contributed by atoms with Crippen molar-refractivity contribution in [2.45, 2.75) is 26.3 Å². The van der Waals surface area contributed by atoms with Gasteiger partial charge in [0, 0.05) is 31.7 Å². The Hall–Kier alpha value is -1.14. The zero-order valence-corrected chi connectivity index (χ0v) is 12.5. The largest absolute Gasteiger partial charge is 0.350 e. The van der Waals surface area contributed by atoms with Crippen molar-refractivity contribution in [1.29, 1.82) is 0 Å². The van der Waals surface area contributed by atoms with Gasteiger partial charge in [-0.2, -0.15) is 0 Å². The molecule has 1 saturated heterocycles. The van der Waals surface area contributed by atoms with E-state index < -0.39 is 0 Å². The molecule has 6 nitrogen and oxygen atoms in total. The molecule has 0 radical (unpaired) electrons. The number of carbonyl (C=O) groups is 2. The molecular weight excluding hydrogens is 244 g/mol. The molecular formula is C13H26N4O2. The number of hydrogen-bond acceptors (Lipinski definition) is 4. The number of hydrogen-bond donors (Lipinski definition) is 2. The SMILES string of the molecule is CN(CC(=O)NC(C)(C)C)CC(=O)N1CCNCC1. The number of rotatable bonds is 4. The lowest BCUT2D eigenvalue weighted by Gasteiger charge is -2.29. The summed E-state index contributed by atoms with van der Waals surface area (Å²) < 4.78 is 0. The minimum absolute atomic E-state index is 0.0527. The lowest BCUT2D eigenvalue weighted by molar-refractivity contribution is -0.133. The predicted octanol–water partition coefficient (Wildman–Crippen LogP) is -0.735. The van der Waals surface area contributed by atoms with Gasteiger partial charge in [-0.05, 0) is 27.8 Å². The zero-order chi connectivity index (χ0) is 14.5. The second-order valence-corrected chi connectivity index (χ2v) is 6.10. The van der Waals surface area contributed by atoms with Crippen LogP contribution >= 0.6 is 0 Å². The van der Waals surface area contributed by atoms with Crippen LogP contribution in [-0.2, 0) is 9.59 Å². The Labute approximate surface area is 115 Å². The van der Waals surface area contributed by atoms with Gasteiger partial charge in [0.15, 0.2) is 0 Å². The van der Waals surface area contributed by atoms with Crippen molar-refractivity contribution in [3.8, 4) is 0 Å². The summed E-state index contributed by atoms with van der Waals surface area (Å²) in [6.45, 7) is 9.55. The molecule has 0 aliphatic carbocycles. The van der Waals surface area contributed by atoms with Crippen LogP contribution in [0.5, 0.6) is 0 Å². The van der Waals surface area contributed by atoms with Crippen molar-refractivity contribution in [2.24, 2.45) is 0 Å². The lowest BCUT2D eigenvalue weighted by atomic mass is 10.1. The second-order valence-electron chi connectivity index (χ2n) is 6.10. The van der Waals surface area contributed by atoms with Crippen LogP contribution in [0.25, 0.3) is 0 Å².